The van der Waals surface area contributed by atoms with Crippen LogP contribution in [0, 0.1) is 6.92 Å². The first-order chi connectivity index (χ1) is 18.9. The van der Waals surface area contributed by atoms with Crippen molar-refractivity contribution in [3.8, 4) is 5.69 Å². The number of hydrogen-bond donors (Lipinski definition) is 2. The van der Waals surface area contributed by atoms with E-state index < -0.39 is 0 Å². The first kappa shape index (κ1) is 24.9. The molecule has 0 saturated carbocycles. The van der Waals surface area contributed by atoms with Gasteiger partial charge in [-0.3, -0.25) is 14.3 Å². The second-order valence-corrected chi connectivity index (χ2v) is 10.1. The second kappa shape index (κ2) is 10.0. The van der Waals surface area contributed by atoms with Crippen molar-refractivity contribution in [3.05, 3.63) is 82.8 Å². The number of pyridine rings is 2. The lowest BCUT2D eigenvalue weighted by atomic mass is 10.0. The molecule has 1 saturated heterocycles. The van der Waals surface area contributed by atoms with E-state index in [0.717, 1.165) is 60.6 Å². The zero-order valence-electron chi connectivity index (χ0n) is 22.4. The third-order valence-electron chi connectivity index (χ3n) is 7.33. The van der Waals surface area contributed by atoms with Crippen LogP contribution in [0.3, 0.4) is 0 Å². The van der Waals surface area contributed by atoms with Gasteiger partial charge in [-0.1, -0.05) is 6.92 Å². The number of hydrogen-bond acceptors (Lipinski definition) is 6. The van der Waals surface area contributed by atoms with E-state index in [1.165, 1.54) is 12.1 Å². The van der Waals surface area contributed by atoms with Crippen LogP contribution in [0.5, 0.6) is 0 Å². The number of carbonyl (C=O) groups is 1. The molecule has 1 aromatic carbocycles. The van der Waals surface area contributed by atoms with Crippen molar-refractivity contribution in [1.29, 1.82) is 0 Å². The standard InChI is InChI=1S/C29H32N8O2/c1-4-30-20-7-11-35(12-8-20)25-6-5-23(27-24(25)18-34(3)33-27)29(39)32-21-15-26(36-13-9-22(38)10-14-36)28-31-19(2)16-37(28)17-21/h5-6,9-10,13-18,20,30H,4,7-8,11-12H2,1-3H3,(H,32,39). The Bertz CT molecular complexity index is 1720. The normalized spacial score (nSPS) is 14.4. The number of piperidine rings is 1. The first-order valence-corrected chi connectivity index (χ1v) is 13.3. The van der Waals surface area contributed by atoms with E-state index in [1.807, 2.05) is 59.7 Å². The van der Waals surface area contributed by atoms with Gasteiger partial charge in [0.15, 0.2) is 11.1 Å². The number of nitrogens with one attached hydrogen (secondary N) is 2. The Hall–Kier alpha value is -4.44. The monoisotopic (exact) mass is 524 g/mol. The van der Waals surface area contributed by atoms with Crippen molar-refractivity contribution in [2.45, 2.75) is 32.7 Å². The zero-order chi connectivity index (χ0) is 27.1. The number of benzene rings is 1. The molecule has 0 bridgehead atoms. The number of fused-ring (bicyclic) bond motifs is 2. The molecule has 0 radical (unpaired) electrons. The molecule has 1 aliphatic rings. The van der Waals surface area contributed by atoms with Gasteiger partial charge in [0.05, 0.1) is 22.6 Å². The van der Waals surface area contributed by atoms with Crippen molar-refractivity contribution in [2.24, 2.45) is 7.05 Å². The molecular formula is C29H32N8O2. The van der Waals surface area contributed by atoms with E-state index in [0.29, 0.717) is 22.8 Å². The fourth-order valence-electron chi connectivity index (χ4n) is 5.51. The Morgan fingerprint density at radius 3 is 2.56 bits per heavy atom. The van der Waals surface area contributed by atoms with Crippen LogP contribution in [0.15, 0.2) is 66.1 Å². The van der Waals surface area contributed by atoms with Gasteiger partial charge in [-0.05, 0) is 44.5 Å². The largest absolute Gasteiger partial charge is 0.371 e. The molecule has 5 heterocycles. The van der Waals surface area contributed by atoms with E-state index >= 15 is 0 Å². The average Bonchev–Trinajstić information content (AvgIpc) is 3.50. The lowest BCUT2D eigenvalue weighted by Crippen LogP contribution is -2.42. The minimum absolute atomic E-state index is 0.0731. The molecule has 1 fully saturated rings. The molecule has 5 aromatic rings. The lowest BCUT2D eigenvalue weighted by molar-refractivity contribution is 0.102. The Labute approximate surface area is 225 Å². The number of imidazole rings is 1. The van der Waals surface area contributed by atoms with Crippen molar-refractivity contribution in [1.82, 2.24) is 29.0 Å². The molecule has 39 heavy (non-hydrogen) atoms. The van der Waals surface area contributed by atoms with E-state index in [-0.39, 0.29) is 11.3 Å². The Morgan fingerprint density at radius 1 is 1.05 bits per heavy atom. The fraction of sp³-hybridized carbons (Fsp3) is 0.310. The van der Waals surface area contributed by atoms with E-state index in [2.05, 4.69) is 32.5 Å². The Balaban J connectivity index is 1.33. The zero-order valence-corrected chi connectivity index (χ0v) is 22.4. The molecule has 0 aliphatic carbocycles. The predicted octanol–water partition coefficient (Wildman–Crippen LogP) is 3.51. The van der Waals surface area contributed by atoms with Crippen LogP contribution in [0.4, 0.5) is 11.4 Å². The highest BCUT2D eigenvalue weighted by atomic mass is 16.1. The summed E-state index contributed by atoms with van der Waals surface area (Å²) in [6, 6.07) is 9.33. The fourth-order valence-corrected chi connectivity index (χ4v) is 5.51. The highest BCUT2D eigenvalue weighted by Crippen LogP contribution is 2.31. The maximum atomic E-state index is 13.6. The van der Waals surface area contributed by atoms with E-state index in [9.17, 15) is 9.59 Å². The molecule has 2 N–H and O–H groups in total. The lowest BCUT2D eigenvalue weighted by Gasteiger charge is -2.34. The number of nitrogens with zero attached hydrogens (tertiary/aromatic N) is 6. The summed E-state index contributed by atoms with van der Waals surface area (Å²) in [5.74, 6) is -0.238. The van der Waals surface area contributed by atoms with E-state index in [4.69, 9.17) is 0 Å². The summed E-state index contributed by atoms with van der Waals surface area (Å²) >= 11 is 0. The summed E-state index contributed by atoms with van der Waals surface area (Å²) in [5, 5.41) is 12.3. The third-order valence-corrected chi connectivity index (χ3v) is 7.33. The summed E-state index contributed by atoms with van der Waals surface area (Å²) in [7, 11) is 1.88. The third kappa shape index (κ3) is 4.79. The van der Waals surface area contributed by atoms with Gasteiger partial charge >= 0.3 is 0 Å². The molecule has 6 rings (SSSR count). The first-order valence-electron chi connectivity index (χ1n) is 13.3. The topological polar surface area (TPSA) is 101 Å². The molecular weight excluding hydrogens is 492 g/mol. The van der Waals surface area contributed by atoms with Crippen molar-refractivity contribution < 1.29 is 4.79 Å². The van der Waals surface area contributed by atoms with Crippen LogP contribution in [0.2, 0.25) is 0 Å². The SMILES string of the molecule is CCNC1CCN(c2ccc(C(=O)Nc3cc(-n4ccc(=O)cc4)c4nc(C)cn4c3)c3nn(C)cc23)CC1. The van der Waals surface area contributed by atoms with Crippen LogP contribution in [0.1, 0.15) is 35.8 Å². The molecule has 0 spiro atoms. The highest BCUT2D eigenvalue weighted by Gasteiger charge is 2.23. The van der Waals surface area contributed by atoms with Gasteiger partial charge in [0.2, 0.25) is 0 Å². The minimum atomic E-state index is -0.238. The number of aryl methyl sites for hydroxylation is 2. The molecule has 10 nitrogen and oxygen atoms in total. The molecule has 10 heteroatoms. The van der Waals surface area contributed by atoms with Crippen molar-refractivity contribution >= 4 is 33.8 Å². The van der Waals surface area contributed by atoms with Crippen LogP contribution < -0.4 is 21.0 Å². The Kier molecular flexibility index (Phi) is 6.40. The number of amides is 1. The maximum Gasteiger partial charge on any atom is 0.257 e. The molecule has 0 atom stereocenters. The summed E-state index contributed by atoms with van der Waals surface area (Å²) < 4.78 is 5.48. The maximum absolute atomic E-state index is 13.6. The van der Waals surface area contributed by atoms with Gasteiger partial charge in [0.25, 0.3) is 5.91 Å². The second-order valence-electron chi connectivity index (χ2n) is 10.1. The van der Waals surface area contributed by atoms with Gasteiger partial charge in [0.1, 0.15) is 5.52 Å². The molecule has 1 amide bonds. The van der Waals surface area contributed by atoms with Crippen LogP contribution in [0.25, 0.3) is 22.2 Å². The van der Waals surface area contributed by atoms with Crippen LogP contribution >= 0.6 is 0 Å². The minimum Gasteiger partial charge on any atom is -0.371 e. The molecule has 200 valence electrons. The molecule has 1 aliphatic heterocycles. The summed E-state index contributed by atoms with van der Waals surface area (Å²) in [6.45, 7) is 6.98. The van der Waals surface area contributed by atoms with E-state index in [1.54, 1.807) is 17.1 Å². The quantitative estimate of drug-likeness (QED) is 0.353. The van der Waals surface area contributed by atoms with Gasteiger partial charge in [-0.25, -0.2) is 4.98 Å². The van der Waals surface area contributed by atoms with Gasteiger partial charge in [-0.15, -0.1) is 0 Å². The smallest absolute Gasteiger partial charge is 0.257 e. The van der Waals surface area contributed by atoms with Gasteiger partial charge in [-0.2, -0.15) is 5.10 Å². The molecule has 4 aromatic heterocycles. The summed E-state index contributed by atoms with van der Waals surface area (Å²) in [5.41, 5.74) is 5.17. The van der Waals surface area contributed by atoms with Crippen LogP contribution in [-0.2, 0) is 7.05 Å². The average molecular weight is 525 g/mol. The predicted molar refractivity (Wildman–Crippen MR) is 153 cm³/mol. The highest BCUT2D eigenvalue weighted by molar-refractivity contribution is 6.14. The van der Waals surface area contributed by atoms with Gasteiger partial charge < -0.3 is 24.5 Å². The number of rotatable bonds is 6. The summed E-state index contributed by atoms with van der Waals surface area (Å²) in [4.78, 5) is 32.3. The van der Waals surface area contributed by atoms with Crippen LogP contribution in [-0.4, -0.2) is 55.3 Å². The molecule has 0 unspecified atom stereocenters. The van der Waals surface area contributed by atoms with Crippen molar-refractivity contribution in [2.75, 3.05) is 29.9 Å². The Morgan fingerprint density at radius 2 is 1.82 bits per heavy atom. The van der Waals surface area contributed by atoms with Gasteiger partial charge in [0, 0.05) is 80.4 Å². The number of aromatic nitrogens is 5. The van der Waals surface area contributed by atoms with Crippen molar-refractivity contribution in [3.63, 3.8) is 0 Å². The summed E-state index contributed by atoms with van der Waals surface area (Å²) in [6.07, 6.45) is 11.3. The number of anilines is 2. The number of carbonyl (C=O) groups excluding carboxylic acids is 1.